The number of nitrogens with one attached hydrogen (secondary N) is 1. The largest absolute Gasteiger partial charge is 0.337 e. The van der Waals surface area contributed by atoms with Gasteiger partial charge in [-0.1, -0.05) is 19.3 Å². The molecule has 2 aromatic rings. The molecule has 2 aliphatic rings. The molecule has 160 valence electrons. The van der Waals surface area contributed by atoms with Gasteiger partial charge in [-0.25, -0.2) is 9.18 Å². The lowest BCUT2D eigenvalue weighted by atomic mass is 9.96. The monoisotopic (exact) mass is 413 g/mol. The van der Waals surface area contributed by atoms with E-state index in [4.69, 9.17) is 0 Å². The second-order valence-corrected chi connectivity index (χ2v) is 8.07. The van der Waals surface area contributed by atoms with Gasteiger partial charge in [0.25, 0.3) is 5.91 Å². The minimum Gasteiger partial charge on any atom is -0.337 e. The highest BCUT2D eigenvalue weighted by Crippen LogP contribution is 2.28. The molecule has 1 N–H and O–H groups in total. The zero-order valence-electron chi connectivity index (χ0n) is 17.1. The van der Waals surface area contributed by atoms with Crippen LogP contribution < -0.4 is 5.32 Å². The average Bonchev–Trinajstić information content (AvgIpc) is 3.09. The normalized spacial score (nSPS) is 18.2. The maximum atomic E-state index is 13.1. The van der Waals surface area contributed by atoms with Crippen LogP contribution in [0.15, 0.2) is 36.7 Å². The molecule has 1 aliphatic carbocycles. The fraction of sp³-hybridized carbons (Fsp3) is 0.500. The molecule has 7 nitrogen and oxygen atoms in total. The van der Waals surface area contributed by atoms with Gasteiger partial charge in [0.05, 0.1) is 17.9 Å². The van der Waals surface area contributed by atoms with Gasteiger partial charge in [0, 0.05) is 37.9 Å². The van der Waals surface area contributed by atoms with Crippen LogP contribution in [-0.2, 0) is 0 Å². The number of halogens is 1. The van der Waals surface area contributed by atoms with Gasteiger partial charge in [-0.15, -0.1) is 0 Å². The van der Waals surface area contributed by atoms with Crippen molar-refractivity contribution in [2.75, 3.05) is 31.5 Å². The number of carbonyl (C=O) groups is 2. The predicted molar refractivity (Wildman–Crippen MR) is 112 cm³/mol. The third kappa shape index (κ3) is 4.80. The minimum atomic E-state index is -0.364. The second-order valence-electron chi connectivity index (χ2n) is 8.07. The van der Waals surface area contributed by atoms with Crippen molar-refractivity contribution in [3.05, 3.63) is 48.0 Å². The van der Waals surface area contributed by atoms with E-state index in [1.807, 2.05) is 10.9 Å². The third-order valence-electron chi connectivity index (χ3n) is 5.96. The fourth-order valence-corrected chi connectivity index (χ4v) is 4.25. The first-order valence-electron chi connectivity index (χ1n) is 10.7. The second kappa shape index (κ2) is 9.28. The van der Waals surface area contributed by atoms with Crippen molar-refractivity contribution < 1.29 is 14.0 Å². The number of benzene rings is 1. The molecule has 0 unspecified atom stereocenters. The van der Waals surface area contributed by atoms with Crippen LogP contribution in [0.4, 0.5) is 14.9 Å². The van der Waals surface area contributed by atoms with E-state index >= 15 is 0 Å². The number of rotatable bonds is 3. The Morgan fingerprint density at radius 2 is 1.63 bits per heavy atom. The highest BCUT2D eigenvalue weighted by molar-refractivity contribution is 5.94. The number of carbonyl (C=O) groups excluding carboxylic acids is 2. The van der Waals surface area contributed by atoms with E-state index in [-0.39, 0.29) is 17.8 Å². The number of hydrogen-bond donors (Lipinski definition) is 1. The van der Waals surface area contributed by atoms with Gasteiger partial charge in [-0.2, -0.15) is 5.10 Å². The van der Waals surface area contributed by atoms with Gasteiger partial charge in [0.15, 0.2) is 0 Å². The van der Waals surface area contributed by atoms with Gasteiger partial charge in [-0.05, 0) is 43.5 Å². The van der Waals surface area contributed by atoms with Gasteiger partial charge in [0.1, 0.15) is 5.82 Å². The SMILES string of the molecule is O=C(Nc1cnn(C2CCCCC2)c1)N1CCCN(C(=O)c2ccc(F)cc2)CC1. The van der Waals surface area contributed by atoms with Crippen LogP contribution in [-0.4, -0.2) is 57.7 Å². The zero-order chi connectivity index (χ0) is 20.9. The summed E-state index contributed by atoms with van der Waals surface area (Å²) < 4.78 is 15.1. The standard InChI is InChI=1S/C22H28FN5O2/c23-18-9-7-17(8-10-18)21(29)26-11-4-12-27(14-13-26)22(30)25-19-15-24-28(16-19)20-5-2-1-3-6-20/h7-10,15-16,20H,1-6,11-14H2,(H,25,30). The Labute approximate surface area is 175 Å². The summed E-state index contributed by atoms with van der Waals surface area (Å²) in [6, 6.07) is 5.83. The molecule has 4 rings (SSSR count). The van der Waals surface area contributed by atoms with Crippen molar-refractivity contribution in [1.82, 2.24) is 19.6 Å². The van der Waals surface area contributed by atoms with Gasteiger partial charge in [0.2, 0.25) is 0 Å². The Bertz CT molecular complexity index is 876. The number of hydrogen-bond acceptors (Lipinski definition) is 3. The molecule has 2 heterocycles. The summed E-state index contributed by atoms with van der Waals surface area (Å²) in [5.41, 5.74) is 1.17. The quantitative estimate of drug-likeness (QED) is 0.829. The van der Waals surface area contributed by atoms with Crippen LogP contribution in [0.5, 0.6) is 0 Å². The van der Waals surface area contributed by atoms with Crippen LogP contribution in [0.2, 0.25) is 0 Å². The van der Waals surface area contributed by atoms with E-state index < -0.39 is 0 Å². The highest BCUT2D eigenvalue weighted by atomic mass is 19.1. The third-order valence-corrected chi connectivity index (χ3v) is 5.96. The van der Waals surface area contributed by atoms with Crippen LogP contribution in [0.3, 0.4) is 0 Å². The first-order valence-corrected chi connectivity index (χ1v) is 10.7. The maximum absolute atomic E-state index is 13.1. The molecule has 0 radical (unpaired) electrons. The van der Waals surface area contributed by atoms with E-state index in [1.165, 1.54) is 43.5 Å². The number of urea groups is 1. The summed E-state index contributed by atoms with van der Waals surface area (Å²) in [7, 11) is 0. The summed E-state index contributed by atoms with van der Waals surface area (Å²) in [5, 5.41) is 7.37. The van der Waals surface area contributed by atoms with E-state index in [0.717, 1.165) is 12.8 Å². The first kappa shape index (κ1) is 20.4. The van der Waals surface area contributed by atoms with Crippen LogP contribution in [0.1, 0.15) is 54.9 Å². The number of amides is 3. The Morgan fingerprint density at radius 1 is 0.933 bits per heavy atom. The number of anilines is 1. The summed E-state index contributed by atoms with van der Waals surface area (Å²) in [6.45, 7) is 2.05. The topological polar surface area (TPSA) is 70.5 Å². The lowest BCUT2D eigenvalue weighted by Gasteiger charge is -2.22. The van der Waals surface area contributed by atoms with E-state index in [1.54, 1.807) is 16.0 Å². The van der Waals surface area contributed by atoms with Gasteiger partial charge >= 0.3 is 6.03 Å². The molecule has 0 atom stereocenters. The maximum Gasteiger partial charge on any atom is 0.321 e. The molecule has 0 spiro atoms. The molecule has 8 heteroatoms. The molecule has 0 bridgehead atoms. The molecular weight excluding hydrogens is 385 g/mol. The zero-order valence-corrected chi connectivity index (χ0v) is 17.1. The first-order chi connectivity index (χ1) is 14.6. The summed E-state index contributed by atoms with van der Waals surface area (Å²) in [6.07, 6.45) is 10.3. The molecular formula is C22H28FN5O2. The minimum absolute atomic E-state index is 0.133. The molecule has 1 aromatic carbocycles. The summed E-state index contributed by atoms with van der Waals surface area (Å²) >= 11 is 0. The summed E-state index contributed by atoms with van der Waals surface area (Å²) in [4.78, 5) is 28.8. The van der Waals surface area contributed by atoms with Crippen LogP contribution in [0.25, 0.3) is 0 Å². The van der Waals surface area contributed by atoms with E-state index in [2.05, 4.69) is 10.4 Å². The Kier molecular flexibility index (Phi) is 6.30. The van der Waals surface area contributed by atoms with Crippen molar-refractivity contribution in [3.63, 3.8) is 0 Å². The lowest BCUT2D eigenvalue weighted by molar-refractivity contribution is 0.0762. The molecule has 1 aliphatic heterocycles. The highest BCUT2D eigenvalue weighted by Gasteiger charge is 2.23. The van der Waals surface area contributed by atoms with Crippen molar-refractivity contribution in [1.29, 1.82) is 0 Å². The average molecular weight is 413 g/mol. The Hall–Kier alpha value is -2.90. The van der Waals surface area contributed by atoms with E-state index in [9.17, 15) is 14.0 Å². The molecule has 1 saturated carbocycles. The Balaban J connectivity index is 1.31. The summed E-state index contributed by atoms with van der Waals surface area (Å²) in [5.74, 6) is -0.497. The molecule has 1 aromatic heterocycles. The Morgan fingerprint density at radius 3 is 2.40 bits per heavy atom. The van der Waals surface area contributed by atoms with Crippen LogP contribution >= 0.6 is 0 Å². The van der Waals surface area contributed by atoms with Crippen molar-refractivity contribution in [3.8, 4) is 0 Å². The number of aromatic nitrogens is 2. The fourth-order valence-electron chi connectivity index (χ4n) is 4.25. The number of nitrogens with zero attached hydrogens (tertiary/aromatic N) is 4. The van der Waals surface area contributed by atoms with E-state index in [0.29, 0.717) is 49.9 Å². The van der Waals surface area contributed by atoms with Crippen molar-refractivity contribution in [2.45, 2.75) is 44.6 Å². The van der Waals surface area contributed by atoms with Crippen molar-refractivity contribution >= 4 is 17.6 Å². The predicted octanol–water partition coefficient (Wildman–Crippen LogP) is 3.91. The van der Waals surface area contributed by atoms with Crippen molar-refractivity contribution in [2.24, 2.45) is 0 Å². The van der Waals surface area contributed by atoms with Gasteiger partial charge in [-0.3, -0.25) is 9.48 Å². The molecule has 2 fully saturated rings. The molecule has 1 saturated heterocycles. The molecule has 30 heavy (non-hydrogen) atoms. The molecule has 3 amide bonds. The van der Waals surface area contributed by atoms with Crippen LogP contribution in [0, 0.1) is 5.82 Å². The smallest absolute Gasteiger partial charge is 0.321 e. The lowest BCUT2D eigenvalue weighted by Crippen LogP contribution is -2.39. The van der Waals surface area contributed by atoms with Gasteiger partial charge < -0.3 is 15.1 Å².